The molecule has 0 amide bonds. The summed E-state index contributed by atoms with van der Waals surface area (Å²) < 4.78 is 26.9. The predicted molar refractivity (Wildman–Crippen MR) is 77.2 cm³/mol. The summed E-state index contributed by atoms with van der Waals surface area (Å²) in [5, 5.41) is 7.30. The van der Waals surface area contributed by atoms with Gasteiger partial charge >= 0.3 is 0 Å². The first-order chi connectivity index (χ1) is 10.0. The van der Waals surface area contributed by atoms with Gasteiger partial charge in [-0.2, -0.15) is 5.10 Å². The predicted octanol–water partition coefficient (Wildman–Crippen LogP) is 1.48. The lowest BCUT2D eigenvalue weighted by molar-refractivity contribution is 0.579. The van der Waals surface area contributed by atoms with Crippen LogP contribution in [0.2, 0.25) is 5.15 Å². The van der Waals surface area contributed by atoms with E-state index in [4.69, 9.17) is 11.6 Å². The monoisotopic (exact) mass is 323 g/mol. The number of nitrogens with one attached hydrogen (secondary N) is 2. The molecule has 3 aromatic rings. The molecule has 2 aromatic heterocycles. The van der Waals surface area contributed by atoms with Gasteiger partial charge < -0.3 is 0 Å². The number of rotatable bonds is 4. The molecule has 0 aliphatic heterocycles. The van der Waals surface area contributed by atoms with E-state index in [1.54, 1.807) is 24.3 Å². The third-order valence-electron chi connectivity index (χ3n) is 2.83. The number of halogens is 1. The van der Waals surface area contributed by atoms with Gasteiger partial charge in [-0.25, -0.2) is 23.1 Å². The van der Waals surface area contributed by atoms with Gasteiger partial charge in [0, 0.05) is 5.39 Å². The van der Waals surface area contributed by atoms with Crippen molar-refractivity contribution < 1.29 is 8.42 Å². The molecular formula is C12H10ClN5O2S. The molecule has 0 radical (unpaired) electrons. The molecule has 2 heterocycles. The zero-order chi connectivity index (χ0) is 14.9. The number of hydrogen-bond acceptors (Lipinski definition) is 5. The molecule has 0 fully saturated rings. The van der Waals surface area contributed by atoms with Crippen molar-refractivity contribution in [2.75, 3.05) is 0 Å². The zero-order valence-electron chi connectivity index (χ0n) is 10.6. The summed E-state index contributed by atoms with van der Waals surface area (Å²) in [5.74, 6) is 0.438. The summed E-state index contributed by atoms with van der Waals surface area (Å²) in [5.41, 5.74) is 0.636. The van der Waals surface area contributed by atoms with E-state index in [1.165, 1.54) is 12.4 Å². The van der Waals surface area contributed by atoms with Crippen molar-refractivity contribution in [1.82, 2.24) is 24.9 Å². The standard InChI is InChI=1S/C12H10ClN5O2S/c13-11-4-1-8-5-9(2-3-10(8)17-11)21(19,20)16-6-12-14-7-15-18-12/h1-5,7,16H,6H2,(H,14,15,18). The molecule has 0 atom stereocenters. The fraction of sp³-hybridized carbons (Fsp3) is 0.0833. The summed E-state index contributed by atoms with van der Waals surface area (Å²) in [6, 6.07) is 7.97. The Kier molecular flexibility index (Phi) is 3.58. The van der Waals surface area contributed by atoms with Crippen LogP contribution in [0.25, 0.3) is 10.9 Å². The summed E-state index contributed by atoms with van der Waals surface area (Å²) in [4.78, 5) is 8.12. The van der Waals surface area contributed by atoms with E-state index >= 15 is 0 Å². The normalized spacial score (nSPS) is 11.9. The van der Waals surface area contributed by atoms with Crippen LogP contribution >= 0.6 is 11.6 Å². The molecule has 0 saturated carbocycles. The van der Waals surface area contributed by atoms with Crippen LogP contribution in [-0.2, 0) is 16.6 Å². The Bertz CT molecular complexity index is 880. The van der Waals surface area contributed by atoms with Gasteiger partial charge in [0.1, 0.15) is 17.3 Å². The maximum atomic E-state index is 12.2. The maximum Gasteiger partial charge on any atom is 0.240 e. The Morgan fingerprint density at radius 2 is 2.10 bits per heavy atom. The highest BCUT2D eigenvalue weighted by Crippen LogP contribution is 2.19. The van der Waals surface area contributed by atoms with Crippen molar-refractivity contribution in [2.24, 2.45) is 0 Å². The number of benzene rings is 1. The lowest BCUT2D eigenvalue weighted by Crippen LogP contribution is -2.23. The smallest absolute Gasteiger partial charge is 0.240 e. The quantitative estimate of drug-likeness (QED) is 0.708. The minimum absolute atomic E-state index is 0.0409. The second-order valence-corrected chi connectivity index (χ2v) is 6.40. The maximum absolute atomic E-state index is 12.2. The SMILES string of the molecule is O=S(=O)(NCc1ncn[nH]1)c1ccc2nc(Cl)ccc2c1. The van der Waals surface area contributed by atoms with E-state index in [0.717, 1.165) is 0 Å². The third kappa shape index (κ3) is 3.02. The van der Waals surface area contributed by atoms with E-state index in [1.807, 2.05) is 0 Å². The molecule has 2 N–H and O–H groups in total. The van der Waals surface area contributed by atoms with Crippen LogP contribution < -0.4 is 4.72 Å². The van der Waals surface area contributed by atoms with Crippen LogP contribution in [0.5, 0.6) is 0 Å². The fourth-order valence-corrected chi connectivity index (χ4v) is 2.99. The lowest BCUT2D eigenvalue weighted by Gasteiger charge is -2.06. The minimum atomic E-state index is -3.64. The molecular weight excluding hydrogens is 314 g/mol. The molecule has 9 heteroatoms. The largest absolute Gasteiger partial charge is 0.262 e. The summed E-state index contributed by atoms with van der Waals surface area (Å²) in [6.45, 7) is 0.0409. The van der Waals surface area contributed by atoms with Crippen molar-refractivity contribution in [1.29, 1.82) is 0 Å². The highest BCUT2D eigenvalue weighted by Gasteiger charge is 2.15. The number of aromatic amines is 1. The van der Waals surface area contributed by atoms with Gasteiger partial charge in [0.15, 0.2) is 0 Å². The van der Waals surface area contributed by atoms with Gasteiger partial charge in [-0.15, -0.1) is 0 Å². The minimum Gasteiger partial charge on any atom is -0.262 e. The first-order valence-corrected chi connectivity index (χ1v) is 7.81. The molecule has 0 unspecified atom stereocenters. The Morgan fingerprint density at radius 1 is 1.24 bits per heavy atom. The van der Waals surface area contributed by atoms with E-state index in [9.17, 15) is 8.42 Å². The number of hydrogen-bond donors (Lipinski definition) is 2. The van der Waals surface area contributed by atoms with Crippen molar-refractivity contribution in [2.45, 2.75) is 11.4 Å². The zero-order valence-corrected chi connectivity index (χ0v) is 12.2. The van der Waals surface area contributed by atoms with Crippen molar-refractivity contribution in [3.8, 4) is 0 Å². The van der Waals surface area contributed by atoms with E-state index in [2.05, 4.69) is 24.9 Å². The van der Waals surface area contributed by atoms with Crippen LogP contribution in [0.1, 0.15) is 5.82 Å². The Morgan fingerprint density at radius 3 is 2.86 bits per heavy atom. The van der Waals surface area contributed by atoms with Gasteiger partial charge in [0.2, 0.25) is 10.0 Å². The van der Waals surface area contributed by atoms with Gasteiger partial charge in [0.25, 0.3) is 0 Å². The molecule has 0 bridgehead atoms. The third-order valence-corrected chi connectivity index (χ3v) is 4.44. The van der Waals surface area contributed by atoms with Crippen LogP contribution in [0.4, 0.5) is 0 Å². The summed E-state index contributed by atoms with van der Waals surface area (Å²) in [7, 11) is -3.64. The highest BCUT2D eigenvalue weighted by atomic mass is 35.5. The Balaban J connectivity index is 1.89. The molecule has 7 nitrogen and oxygen atoms in total. The molecule has 1 aromatic carbocycles. The summed E-state index contributed by atoms with van der Waals surface area (Å²) >= 11 is 5.80. The topological polar surface area (TPSA) is 101 Å². The number of fused-ring (bicyclic) bond motifs is 1. The first kappa shape index (κ1) is 13.9. The van der Waals surface area contributed by atoms with E-state index in [0.29, 0.717) is 21.9 Å². The van der Waals surface area contributed by atoms with Gasteiger partial charge in [-0.05, 0) is 30.3 Å². The Labute approximate surface area is 125 Å². The van der Waals surface area contributed by atoms with Crippen molar-refractivity contribution in [3.63, 3.8) is 0 Å². The van der Waals surface area contributed by atoms with E-state index < -0.39 is 10.0 Å². The number of pyridine rings is 1. The van der Waals surface area contributed by atoms with Crippen molar-refractivity contribution in [3.05, 3.63) is 47.6 Å². The lowest BCUT2D eigenvalue weighted by atomic mass is 10.2. The Hall–Kier alpha value is -2.03. The van der Waals surface area contributed by atoms with Crippen LogP contribution in [0, 0.1) is 0 Å². The molecule has 0 saturated heterocycles. The van der Waals surface area contributed by atoms with Gasteiger partial charge in [-0.3, -0.25) is 5.10 Å². The number of nitrogens with zero attached hydrogens (tertiary/aromatic N) is 3. The molecule has 3 rings (SSSR count). The molecule has 0 aliphatic rings. The van der Waals surface area contributed by atoms with Crippen LogP contribution in [0.15, 0.2) is 41.6 Å². The first-order valence-electron chi connectivity index (χ1n) is 5.95. The molecule has 108 valence electrons. The average Bonchev–Trinajstić information content (AvgIpc) is 2.98. The molecule has 21 heavy (non-hydrogen) atoms. The van der Waals surface area contributed by atoms with E-state index in [-0.39, 0.29) is 11.4 Å². The van der Waals surface area contributed by atoms with Crippen LogP contribution in [-0.4, -0.2) is 28.6 Å². The van der Waals surface area contributed by atoms with Crippen molar-refractivity contribution >= 4 is 32.5 Å². The number of H-pyrrole nitrogens is 1. The number of sulfonamides is 1. The highest BCUT2D eigenvalue weighted by molar-refractivity contribution is 7.89. The summed E-state index contributed by atoms with van der Waals surface area (Å²) in [6.07, 6.45) is 1.31. The number of aromatic nitrogens is 4. The average molecular weight is 324 g/mol. The second-order valence-electron chi connectivity index (χ2n) is 4.25. The second kappa shape index (κ2) is 5.40. The van der Waals surface area contributed by atoms with Crippen LogP contribution in [0.3, 0.4) is 0 Å². The molecule has 0 aliphatic carbocycles. The molecule has 0 spiro atoms. The fourth-order valence-electron chi connectivity index (χ4n) is 1.81. The van der Waals surface area contributed by atoms with Gasteiger partial charge in [0.05, 0.1) is 17.0 Å². The van der Waals surface area contributed by atoms with Gasteiger partial charge in [-0.1, -0.05) is 11.6 Å².